The molecule has 1 aromatic rings. The van der Waals surface area contributed by atoms with Crippen LogP contribution >= 0.6 is 0 Å². The second-order valence-electron chi connectivity index (χ2n) is 4.16. The summed E-state index contributed by atoms with van der Waals surface area (Å²) in [6, 6.07) is 2.47. The smallest absolute Gasteiger partial charge is 0.252 e. The van der Waals surface area contributed by atoms with E-state index in [9.17, 15) is 14.4 Å². The highest BCUT2D eigenvalue weighted by Crippen LogP contribution is 2.09. The molecule has 1 aliphatic heterocycles. The largest absolute Gasteiger partial charge is 0.373 e. The number of hydrogen-bond donors (Lipinski definition) is 3. The van der Waals surface area contributed by atoms with E-state index in [-0.39, 0.29) is 18.2 Å². The first-order valence-corrected chi connectivity index (χ1v) is 5.88. The first-order valence-electron chi connectivity index (χ1n) is 5.88. The van der Waals surface area contributed by atoms with Crippen LogP contribution < -0.4 is 16.0 Å². The van der Waals surface area contributed by atoms with Gasteiger partial charge in [-0.15, -0.1) is 0 Å². The maximum Gasteiger partial charge on any atom is 0.252 e. The first-order chi connectivity index (χ1) is 9.10. The van der Waals surface area contributed by atoms with E-state index in [2.05, 4.69) is 20.9 Å². The predicted octanol–water partition coefficient (Wildman–Crippen LogP) is -0.342. The van der Waals surface area contributed by atoms with Crippen LogP contribution in [-0.2, 0) is 9.59 Å². The number of amides is 3. The highest BCUT2D eigenvalue weighted by atomic mass is 16.2. The lowest BCUT2D eigenvalue weighted by Gasteiger charge is -2.21. The van der Waals surface area contributed by atoms with Gasteiger partial charge in [0.15, 0.2) is 0 Å². The van der Waals surface area contributed by atoms with Gasteiger partial charge in [0.2, 0.25) is 11.8 Å². The summed E-state index contributed by atoms with van der Waals surface area (Å²) in [5.74, 6) is -0.575. The van der Waals surface area contributed by atoms with E-state index in [0.29, 0.717) is 17.8 Å². The van der Waals surface area contributed by atoms with E-state index >= 15 is 0 Å². The minimum absolute atomic E-state index is 0.231. The van der Waals surface area contributed by atoms with E-state index in [0.717, 1.165) is 0 Å². The Morgan fingerprint density at radius 1 is 1.47 bits per heavy atom. The Hall–Kier alpha value is -2.44. The summed E-state index contributed by atoms with van der Waals surface area (Å²) in [7, 11) is 1.70. The van der Waals surface area contributed by atoms with Crippen LogP contribution in [0.2, 0.25) is 0 Å². The molecule has 1 atom stereocenters. The third-order valence-electron chi connectivity index (χ3n) is 2.82. The lowest BCUT2D eigenvalue weighted by Crippen LogP contribution is -2.52. The van der Waals surface area contributed by atoms with Gasteiger partial charge in [-0.3, -0.25) is 19.7 Å². The fraction of sp³-hybridized carbons (Fsp3) is 0.333. The van der Waals surface area contributed by atoms with Crippen LogP contribution in [0.25, 0.3) is 0 Å². The SMILES string of the molecule is CNc1cc(C(=O)NC2CCC(=O)NC2=O)ccn1. The van der Waals surface area contributed by atoms with Gasteiger partial charge in [0.1, 0.15) is 11.9 Å². The minimum Gasteiger partial charge on any atom is -0.373 e. The molecule has 1 aliphatic rings. The van der Waals surface area contributed by atoms with E-state index < -0.39 is 11.9 Å². The molecule has 7 nitrogen and oxygen atoms in total. The molecule has 0 saturated carbocycles. The topological polar surface area (TPSA) is 100 Å². The van der Waals surface area contributed by atoms with Crippen LogP contribution in [0, 0.1) is 0 Å². The normalized spacial score (nSPS) is 18.7. The predicted molar refractivity (Wildman–Crippen MR) is 67.4 cm³/mol. The van der Waals surface area contributed by atoms with Crippen molar-refractivity contribution < 1.29 is 14.4 Å². The van der Waals surface area contributed by atoms with Crippen molar-refractivity contribution in [3.8, 4) is 0 Å². The lowest BCUT2D eigenvalue weighted by atomic mass is 10.1. The minimum atomic E-state index is -0.670. The van der Waals surface area contributed by atoms with Crippen molar-refractivity contribution >= 4 is 23.5 Å². The third-order valence-corrected chi connectivity index (χ3v) is 2.82. The quantitative estimate of drug-likeness (QED) is 0.647. The highest BCUT2D eigenvalue weighted by Gasteiger charge is 2.28. The summed E-state index contributed by atoms with van der Waals surface area (Å²) < 4.78 is 0. The molecule has 1 aromatic heterocycles. The molecule has 1 saturated heterocycles. The Balaban J connectivity index is 2.04. The number of aromatic nitrogens is 1. The second-order valence-corrected chi connectivity index (χ2v) is 4.16. The molecule has 3 amide bonds. The van der Waals surface area contributed by atoms with Gasteiger partial charge in [0.05, 0.1) is 0 Å². The van der Waals surface area contributed by atoms with Gasteiger partial charge in [-0.05, 0) is 18.6 Å². The van der Waals surface area contributed by atoms with E-state index in [1.54, 1.807) is 19.2 Å². The van der Waals surface area contributed by atoms with Crippen LogP contribution in [0.3, 0.4) is 0 Å². The molecule has 7 heteroatoms. The van der Waals surface area contributed by atoms with Crippen LogP contribution in [0.1, 0.15) is 23.2 Å². The first kappa shape index (κ1) is 13.0. The van der Waals surface area contributed by atoms with Gasteiger partial charge in [-0.1, -0.05) is 0 Å². The molecule has 0 bridgehead atoms. The molecule has 19 heavy (non-hydrogen) atoms. The van der Waals surface area contributed by atoms with Crippen molar-refractivity contribution in [2.75, 3.05) is 12.4 Å². The molecule has 100 valence electrons. The molecular formula is C12H14N4O3. The average molecular weight is 262 g/mol. The van der Waals surface area contributed by atoms with Crippen LogP contribution in [0.4, 0.5) is 5.82 Å². The number of imide groups is 1. The number of rotatable bonds is 3. The van der Waals surface area contributed by atoms with Crippen molar-refractivity contribution in [2.24, 2.45) is 0 Å². The van der Waals surface area contributed by atoms with Gasteiger partial charge in [0.25, 0.3) is 5.91 Å². The zero-order chi connectivity index (χ0) is 13.8. The molecule has 1 unspecified atom stereocenters. The van der Waals surface area contributed by atoms with Crippen molar-refractivity contribution in [3.05, 3.63) is 23.9 Å². The average Bonchev–Trinajstić information content (AvgIpc) is 2.42. The lowest BCUT2D eigenvalue weighted by molar-refractivity contribution is -0.134. The Morgan fingerprint density at radius 2 is 2.26 bits per heavy atom. The number of piperidine rings is 1. The Bertz CT molecular complexity index is 529. The number of pyridine rings is 1. The maximum absolute atomic E-state index is 12.0. The molecule has 0 spiro atoms. The highest BCUT2D eigenvalue weighted by molar-refractivity contribution is 6.03. The summed E-state index contributed by atoms with van der Waals surface area (Å²) in [6.07, 6.45) is 2.06. The Kier molecular flexibility index (Phi) is 3.74. The molecule has 0 aromatic carbocycles. The molecule has 1 fully saturated rings. The Morgan fingerprint density at radius 3 is 2.95 bits per heavy atom. The number of carbonyl (C=O) groups is 3. The van der Waals surface area contributed by atoms with E-state index in [4.69, 9.17) is 0 Å². The third kappa shape index (κ3) is 3.06. The summed E-state index contributed by atoms with van der Waals surface area (Å²) in [5.41, 5.74) is 0.407. The van der Waals surface area contributed by atoms with Crippen molar-refractivity contribution in [1.29, 1.82) is 0 Å². The van der Waals surface area contributed by atoms with Gasteiger partial charge in [-0.2, -0.15) is 0 Å². The Labute approximate surface area is 109 Å². The fourth-order valence-corrected chi connectivity index (χ4v) is 1.78. The van der Waals surface area contributed by atoms with Gasteiger partial charge in [0, 0.05) is 25.2 Å². The summed E-state index contributed by atoms with van der Waals surface area (Å²) >= 11 is 0. The zero-order valence-corrected chi connectivity index (χ0v) is 10.4. The van der Waals surface area contributed by atoms with Crippen molar-refractivity contribution in [3.63, 3.8) is 0 Å². The summed E-state index contributed by atoms with van der Waals surface area (Å²) in [5, 5.41) is 7.61. The van der Waals surface area contributed by atoms with E-state index in [1.807, 2.05) is 0 Å². The number of carbonyl (C=O) groups excluding carboxylic acids is 3. The van der Waals surface area contributed by atoms with Crippen LogP contribution in [0.5, 0.6) is 0 Å². The van der Waals surface area contributed by atoms with Crippen molar-refractivity contribution in [1.82, 2.24) is 15.6 Å². The van der Waals surface area contributed by atoms with Gasteiger partial charge >= 0.3 is 0 Å². The van der Waals surface area contributed by atoms with Crippen LogP contribution in [-0.4, -0.2) is 35.8 Å². The zero-order valence-electron chi connectivity index (χ0n) is 10.4. The summed E-state index contributed by atoms with van der Waals surface area (Å²) in [6.45, 7) is 0. The standard InChI is InChI=1S/C12H14N4O3/c1-13-9-6-7(4-5-14-9)11(18)15-8-2-3-10(17)16-12(8)19/h4-6,8H,2-3H2,1H3,(H,13,14)(H,15,18)(H,16,17,19). The van der Waals surface area contributed by atoms with E-state index in [1.165, 1.54) is 6.20 Å². The van der Waals surface area contributed by atoms with Gasteiger partial charge < -0.3 is 10.6 Å². The summed E-state index contributed by atoms with van der Waals surface area (Å²) in [4.78, 5) is 38.5. The molecule has 2 rings (SSSR count). The number of nitrogens with one attached hydrogen (secondary N) is 3. The molecule has 0 radical (unpaired) electrons. The maximum atomic E-state index is 12.0. The molecule has 3 N–H and O–H groups in total. The monoisotopic (exact) mass is 262 g/mol. The second kappa shape index (κ2) is 5.47. The fourth-order valence-electron chi connectivity index (χ4n) is 1.78. The van der Waals surface area contributed by atoms with Crippen molar-refractivity contribution in [2.45, 2.75) is 18.9 Å². The number of nitrogens with zero attached hydrogens (tertiary/aromatic N) is 1. The molecule has 2 heterocycles. The van der Waals surface area contributed by atoms with Gasteiger partial charge in [-0.25, -0.2) is 4.98 Å². The molecule has 0 aliphatic carbocycles. The molecular weight excluding hydrogens is 248 g/mol. The number of hydrogen-bond acceptors (Lipinski definition) is 5. The number of anilines is 1. The van der Waals surface area contributed by atoms with Crippen LogP contribution in [0.15, 0.2) is 18.3 Å².